The second-order valence-electron chi connectivity index (χ2n) is 18.6. The largest absolute Gasteiger partial charge is 0.462 e. The lowest BCUT2D eigenvalue weighted by atomic mass is 9.75. The van der Waals surface area contributed by atoms with Crippen molar-refractivity contribution in [2.45, 2.75) is 186 Å². The fraction of sp³-hybridized carbons (Fsp3) is 0.914. The van der Waals surface area contributed by atoms with Gasteiger partial charge in [0.2, 0.25) is 0 Å². The number of rotatable bonds is 6. The van der Waals surface area contributed by atoms with Gasteiger partial charge < -0.3 is 29.9 Å². The highest BCUT2D eigenvalue weighted by Gasteiger charge is 2.52. The van der Waals surface area contributed by atoms with Crippen LogP contribution in [0.4, 0.5) is 0 Å². The van der Waals surface area contributed by atoms with Gasteiger partial charge in [0.05, 0.1) is 17.8 Å². The maximum absolute atomic E-state index is 13.7. The maximum Gasteiger partial charge on any atom is 0.309 e. The fourth-order valence-electron chi connectivity index (χ4n) is 9.38. The summed E-state index contributed by atoms with van der Waals surface area (Å²) in [5.74, 6) is -2.27. The van der Waals surface area contributed by atoms with Crippen molar-refractivity contribution in [3.05, 3.63) is 0 Å². The number of hydroxylamine groups is 4. The third-order valence-electron chi connectivity index (χ3n) is 10.7. The lowest BCUT2D eigenvalue weighted by Gasteiger charge is -2.51. The highest BCUT2D eigenvalue weighted by Crippen LogP contribution is 2.43. The number of nitrogens with one attached hydrogen (secondary N) is 1. The first-order chi connectivity index (χ1) is 20.7. The van der Waals surface area contributed by atoms with Gasteiger partial charge in [0, 0.05) is 46.1 Å². The van der Waals surface area contributed by atoms with Crippen LogP contribution in [0.5, 0.6) is 0 Å². The molecule has 3 saturated heterocycles. The zero-order valence-corrected chi connectivity index (χ0v) is 30.4. The Balaban J connectivity index is 1.51. The standard InChI is InChI=1S/C35H61N3O8/c1-30(2)15-21(16-31(3,4)36-30)27(39)44-24-13-25(45-28(40)22-17-32(5,6)37(42)33(7,8)18-22)26(14-24)46-29(41)23-19-34(9,10)38(43)35(11,12)20-23/h21-26,36,42-43H,13-20H2,1-12H3. The third kappa shape index (κ3) is 8.08. The summed E-state index contributed by atoms with van der Waals surface area (Å²) >= 11 is 0. The van der Waals surface area contributed by atoms with Crippen molar-refractivity contribution >= 4 is 17.9 Å². The number of nitrogens with zero attached hydrogens (tertiary/aromatic N) is 2. The second-order valence-corrected chi connectivity index (χ2v) is 18.6. The molecule has 4 rings (SSSR count). The minimum absolute atomic E-state index is 0.228. The number of ether oxygens (including phenoxy) is 3. The molecule has 4 fully saturated rings. The third-order valence-corrected chi connectivity index (χ3v) is 10.7. The van der Waals surface area contributed by atoms with E-state index in [0.717, 1.165) is 0 Å². The van der Waals surface area contributed by atoms with Crippen molar-refractivity contribution in [2.75, 3.05) is 0 Å². The van der Waals surface area contributed by atoms with E-state index in [0.29, 0.717) is 38.5 Å². The van der Waals surface area contributed by atoms with Gasteiger partial charge in [-0.25, -0.2) is 0 Å². The van der Waals surface area contributed by atoms with Crippen LogP contribution in [-0.2, 0) is 28.6 Å². The van der Waals surface area contributed by atoms with Gasteiger partial charge in [-0.05, 0) is 122 Å². The van der Waals surface area contributed by atoms with Crippen molar-refractivity contribution in [1.82, 2.24) is 15.4 Å². The Morgan fingerprint density at radius 3 is 1.13 bits per heavy atom. The van der Waals surface area contributed by atoms with Crippen molar-refractivity contribution in [3.8, 4) is 0 Å². The monoisotopic (exact) mass is 651 g/mol. The summed E-state index contributed by atoms with van der Waals surface area (Å²) in [5, 5.41) is 27.7. The molecule has 264 valence electrons. The maximum atomic E-state index is 13.7. The van der Waals surface area contributed by atoms with E-state index in [1.165, 1.54) is 10.1 Å². The Morgan fingerprint density at radius 1 is 0.522 bits per heavy atom. The molecule has 0 amide bonds. The first-order valence-electron chi connectivity index (χ1n) is 17.1. The molecule has 2 atom stereocenters. The molecule has 3 N–H and O–H groups in total. The van der Waals surface area contributed by atoms with E-state index in [4.69, 9.17) is 14.2 Å². The number of esters is 3. The summed E-state index contributed by atoms with van der Waals surface area (Å²) in [6, 6.07) is 0. The van der Waals surface area contributed by atoms with Gasteiger partial charge >= 0.3 is 17.9 Å². The molecule has 1 saturated carbocycles. The molecule has 0 aromatic rings. The van der Waals surface area contributed by atoms with Crippen LogP contribution < -0.4 is 5.32 Å². The number of piperidine rings is 3. The zero-order valence-electron chi connectivity index (χ0n) is 30.4. The summed E-state index contributed by atoms with van der Waals surface area (Å²) in [7, 11) is 0. The van der Waals surface area contributed by atoms with Gasteiger partial charge in [-0.2, -0.15) is 10.1 Å². The van der Waals surface area contributed by atoms with Crippen molar-refractivity contribution < 1.29 is 39.0 Å². The van der Waals surface area contributed by atoms with Gasteiger partial charge in [-0.3, -0.25) is 14.4 Å². The normalized spacial score (nSPS) is 32.9. The van der Waals surface area contributed by atoms with Crippen LogP contribution in [0.25, 0.3) is 0 Å². The van der Waals surface area contributed by atoms with Crippen LogP contribution in [0.3, 0.4) is 0 Å². The van der Waals surface area contributed by atoms with E-state index in [-0.39, 0.29) is 35.8 Å². The van der Waals surface area contributed by atoms with Crippen molar-refractivity contribution in [3.63, 3.8) is 0 Å². The summed E-state index contributed by atoms with van der Waals surface area (Å²) in [6.07, 6.45) is 1.29. The lowest BCUT2D eigenvalue weighted by molar-refractivity contribution is -0.254. The van der Waals surface area contributed by atoms with E-state index < -0.39 is 64.2 Å². The number of hydrogen-bond acceptors (Lipinski definition) is 11. The quantitative estimate of drug-likeness (QED) is 0.252. The van der Waals surface area contributed by atoms with E-state index in [1.807, 2.05) is 55.4 Å². The summed E-state index contributed by atoms with van der Waals surface area (Å²) in [5.41, 5.74) is -3.00. The van der Waals surface area contributed by atoms with E-state index in [9.17, 15) is 24.8 Å². The van der Waals surface area contributed by atoms with Crippen LogP contribution in [0, 0.1) is 17.8 Å². The molecule has 0 radical (unpaired) electrons. The first kappa shape index (κ1) is 37.0. The summed E-state index contributed by atoms with van der Waals surface area (Å²) in [4.78, 5) is 40.9. The van der Waals surface area contributed by atoms with Crippen molar-refractivity contribution in [1.29, 1.82) is 0 Å². The molecule has 4 aliphatic rings. The SMILES string of the molecule is CC1(C)CC(C(=O)OC2CC(OC(=O)C3CC(C)(C)N(O)C(C)(C)C3)C(OC(=O)C3CC(C)(C)N(O)C(C)(C)C3)C2)CC(C)(C)N1. The van der Waals surface area contributed by atoms with Gasteiger partial charge in [0.1, 0.15) is 18.3 Å². The molecule has 11 heteroatoms. The molecule has 3 heterocycles. The fourth-order valence-corrected chi connectivity index (χ4v) is 9.38. The molecular formula is C35H61N3O8. The zero-order chi connectivity index (χ0) is 34.8. The number of carbonyl (C=O) groups excluding carboxylic acids is 3. The minimum atomic E-state index is -0.771. The Kier molecular flexibility index (Phi) is 9.88. The van der Waals surface area contributed by atoms with Crippen LogP contribution in [-0.4, -0.2) is 90.0 Å². The highest BCUT2D eigenvalue weighted by atomic mass is 16.6. The van der Waals surface area contributed by atoms with Gasteiger partial charge in [-0.15, -0.1) is 0 Å². The topological polar surface area (TPSA) is 138 Å². The molecule has 2 unspecified atom stereocenters. The molecule has 0 bridgehead atoms. The van der Waals surface area contributed by atoms with E-state index in [1.54, 1.807) is 0 Å². The summed E-state index contributed by atoms with van der Waals surface area (Å²) in [6.45, 7) is 23.5. The molecule has 46 heavy (non-hydrogen) atoms. The Hall–Kier alpha value is -1.79. The number of carbonyl (C=O) groups is 3. The predicted molar refractivity (Wildman–Crippen MR) is 172 cm³/mol. The molecule has 3 aliphatic heterocycles. The van der Waals surface area contributed by atoms with E-state index >= 15 is 0 Å². The highest BCUT2D eigenvalue weighted by molar-refractivity contribution is 5.75. The average molecular weight is 652 g/mol. The molecule has 0 aromatic heterocycles. The molecular weight excluding hydrogens is 590 g/mol. The average Bonchev–Trinajstić information content (AvgIpc) is 3.23. The molecule has 11 nitrogen and oxygen atoms in total. The molecule has 0 aromatic carbocycles. The van der Waals surface area contributed by atoms with Gasteiger partial charge in [0.25, 0.3) is 0 Å². The smallest absolute Gasteiger partial charge is 0.309 e. The van der Waals surface area contributed by atoms with Gasteiger partial charge in [-0.1, -0.05) is 0 Å². The lowest BCUT2D eigenvalue weighted by Crippen LogP contribution is -2.60. The summed E-state index contributed by atoms with van der Waals surface area (Å²) < 4.78 is 18.3. The minimum Gasteiger partial charge on any atom is -0.462 e. The van der Waals surface area contributed by atoms with Crippen LogP contribution in [0.1, 0.15) is 134 Å². The van der Waals surface area contributed by atoms with Gasteiger partial charge in [0.15, 0.2) is 0 Å². The van der Waals surface area contributed by atoms with E-state index in [2.05, 4.69) is 33.0 Å². The second kappa shape index (κ2) is 12.3. The van der Waals surface area contributed by atoms with Crippen LogP contribution in [0.15, 0.2) is 0 Å². The Bertz CT molecular complexity index is 1060. The Morgan fingerprint density at radius 2 is 0.804 bits per heavy atom. The molecule has 0 spiro atoms. The predicted octanol–water partition coefficient (Wildman–Crippen LogP) is 5.39. The van der Waals surface area contributed by atoms with Crippen LogP contribution >= 0.6 is 0 Å². The van der Waals surface area contributed by atoms with Crippen molar-refractivity contribution in [2.24, 2.45) is 17.8 Å². The van der Waals surface area contributed by atoms with Crippen LogP contribution in [0.2, 0.25) is 0 Å². The Labute approximate surface area is 276 Å². The number of hydrogen-bond donors (Lipinski definition) is 3. The molecule has 1 aliphatic carbocycles. The first-order valence-corrected chi connectivity index (χ1v) is 17.1.